The largest absolute Gasteiger partial charge is 0.481 e. The molecule has 2 aromatic heterocycles. The highest BCUT2D eigenvalue weighted by atomic mass is 35.5. The van der Waals surface area contributed by atoms with Crippen LogP contribution in [-0.4, -0.2) is 31.2 Å². The first-order chi connectivity index (χ1) is 12.1. The minimum Gasteiger partial charge on any atom is -0.481 e. The van der Waals surface area contributed by atoms with Crippen molar-refractivity contribution in [3.8, 4) is 17.0 Å². The van der Waals surface area contributed by atoms with Crippen molar-refractivity contribution in [2.24, 2.45) is 0 Å². The molecule has 0 atom stereocenters. The van der Waals surface area contributed by atoms with E-state index in [1.165, 1.54) is 0 Å². The van der Waals surface area contributed by atoms with Gasteiger partial charge in [0.05, 0.1) is 7.11 Å². The molecule has 0 aliphatic carbocycles. The Hall–Kier alpha value is -2.59. The minimum absolute atomic E-state index is 0.590. The van der Waals surface area contributed by atoms with Crippen LogP contribution in [0.2, 0.25) is 5.02 Å². The van der Waals surface area contributed by atoms with Crippen molar-refractivity contribution in [1.82, 2.24) is 9.97 Å². The third kappa shape index (κ3) is 4.09. The van der Waals surface area contributed by atoms with Crippen LogP contribution in [0.5, 0.6) is 5.88 Å². The van der Waals surface area contributed by atoms with Crippen LogP contribution < -0.4 is 9.64 Å². The summed E-state index contributed by atoms with van der Waals surface area (Å²) in [5.41, 5.74) is 4.14. The number of hydrogen-bond donors (Lipinski definition) is 0. The Balaban J connectivity index is 1.91. The van der Waals surface area contributed by atoms with Crippen LogP contribution in [0.3, 0.4) is 0 Å². The van der Waals surface area contributed by atoms with Gasteiger partial charge < -0.3 is 9.64 Å². The minimum atomic E-state index is 0.590. The average molecular weight is 354 g/mol. The number of halogens is 1. The van der Waals surface area contributed by atoms with E-state index >= 15 is 0 Å². The maximum absolute atomic E-state index is 6.13. The molecule has 0 radical (unpaired) electrons. The second-order valence-corrected chi connectivity index (χ2v) is 6.44. The molecule has 0 aliphatic heterocycles. The summed E-state index contributed by atoms with van der Waals surface area (Å²) in [6.07, 6.45) is 4.50. The Labute approximate surface area is 153 Å². The Bertz CT molecular complexity index is 863. The molecule has 0 spiro atoms. The van der Waals surface area contributed by atoms with Crippen LogP contribution in [0.15, 0.2) is 54.9 Å². The van der Waals surface area contributed by atoms with Crippen LogP contribution in [0.1, 0.15) is 11.1 Å². The molecule has 0 N–H and O–H groups in total. The predicted octanol–water partition coefficient (Wildman–Crippen LogP) is 4.46. The molecule has 5 heteroatoms. The van der Waals surface area contributed by atoms with Crippen molar-refractivity contribution in [1.29, 1.82) is 0 Å². The third-order valence-corrected chi connectivity index (χ3v) is 4.15. The first kappa shape index (κ1) is 17.2. The van der Waals surface area contributed by atoms with Crippen molar-refractivity contribution < 1.29 is 4.74 Å². The number of rotatable bonds is 5. The fourth-order valence-corrected chi connectivity index (χ4v) is 2.83. The zero-order chi connectivity index (χ0) is 17.8. The molecule has 4 nitrogen and oxygen atoms in total. The maximum Gasteiger partial charge on any atom is 0.221 e. The maximum atomic E-state index is 6.13. The number of aromatic nitrogens is 2. The molecule has 3 aromatic rings. The van der Waals surface area contributed by atoms with Crippen molar-refractivity contribution in [3.63, 3.8) is 0 Å². The molecule has 25 heavy (non-hydrogen) atoms. The van der Waals surface area contributed by atoms with Crippen LogP contribution in [0.4, 0.5) is 5.82 Å². The predicted molar refractivity (Wildman–Crippen MR) is 103 cm³/mol. The highest BCUT2D eigenvalue weighted by Gasteiger charge is 2.10. The van der Waals surface area contributed by atoms with E-state index in [1.807, 2.05) is 61.7 Å². The number of anilines is 1. The highest BCUT2D eigenvalue weighted by Crippen LogP contribution is 2.31. The summed E-state index contributed by atoms with van der Waals surface area (Å²) in [5, 5.41) is 0.688. The van der Waals surface area contributed by atoms with E-state index < -0.39 is 0 Å². The molecule has 3 rings (SSSR count). The van der Waals surface area contributed by atoms with Gasteiger partial charge in [-0.2, -0.15) is 0 Å². The summed E-state index contributed by atoms with van der Waals surface area (Å²) in [5.74, 6) is 1.53. The molecular weight excluding hydrogens is 334 g/mol. The van der Waals surface area contributed by atoms with E-state index in [2.05, 4.69) is 22.1 Å². The standard InChI is InChI=1S/C20H20ClN3O/c1-24(2)19-8-7-14(12-22-19)9-15-10-18(20(25-3)23-13-15)16-5-4-6-17(21)11-16/h4-8,10-13H,9H2,1-3H3. The van der Waals surface area contributed by atoms with Gasteiger partial charge in [0.1, 0.15) is 5.82 Å². The van der Waals surface area contributed by atoms with Gasteiger partial charge in [0.2, 0.25) is 5.88 Å². The van der Waals surface area contributed by atoms with Crippen LogP contribution in [-0.2, 0) is 6.42 Å². The van der Waals surface area contributed by atoms with Crippen molar-refractivity contribution in [2.45, 2.75) is 6.42 Å². The molecule has 0 bridgehead atoms. The molecule has 0 fully saturated rings. The third-order valence-electron chi connectivity index (χ3n) is 3.91. The molecular formula is C20H20ClN3O. The summed E-state index contributed by atoms with van der Waals surface area (Å²) in [4.78, 5) is 10.9. The van der Waals surface area contributed by atoms with Gasteiger partial charge in [-0.1, -0.05) is 29.8 Å². The molecule has 0 amide bonds. The molecule has 0 unspecified atom stereocenters. The summed E-state index contributed by atoms with van der Waals surface area (Å²) in [6.45, 7) is 0. The number of hydrogen-bond acceptors (Lipinski definition) is 4. The van der Waals surface area contributed by atoms with Gasteiger partial charge in [-0.3, -0.25) is 0 Å². The van der Waals surface area contributed by atoms with Gasteiger partial charge in [-0.15, -0.1) is 0 Å². The lowest BCUT2D eigenvalue weighted by molar-refractivity contribution is 0.399. The SMILES string of the molecule is COc1ncc(Cc2ccc(N(C)C)nc2)cc1-c1cccc(Cl)c1. The lowest BCUT2D eigenvalue weighted by Gasteiger charge is -2.12. The number of nitrogens with zero attached hydrogens (tertiary/aromatic N) is 3. The van der Waals surface area contributed by atoms with Crippen LogP contribution in [0, 0.1) is 0 Å². The highest BCUT2D eigenvalue weighted by molar-refractivity contribution is 6.30. The average Bonchev–Trinajstić information content (AvgIpc) is 2.62. The Morgan fingerprint density at radius 1 is 1.00 bits per heavy atom. The van der Waals surface area contributed by atoms with Gasteiger partial charge in [-0.25, -0.2) is 9.97 Å². The van der Waals surface area contributed by atoms with Crippen LogP contribution in [0.25, 0.3) is 11.1 Å². The van der Waals surface area contributed by atoms with Crippen molar-refractivity contribution in [3.05, 3.63) is 71.0 Å². The number of methoxy groups -OCH3 is 1. The van der Waals surface area contributed by atoms with Gasteiger partial charge in [-0.05, 0) is 41.0 Å². The van der Waals surface area contributed by atoms with E-state index in [0.29, 0.717) is 10.9 Å². The normalized spacial score (nSPS) is 10.6. The Morgan fingerprint density at radius 3 is 2.44 bits per heavy atom. The second-order valence-electron chi connectivity index (χ2n) is 6.01. The molecule has 0 saturated carbocycles. The van der Waals surface area contributed by atoms with E-state index in [4.69, 9.17) is 16.3 Å². The topological polar surface area (TPSA) is 38.2 Å². The molecule has 128 valence electrons. The Morgan fingerprint density at radius 2 is 1.80 bits per heavy atom. The number of ether oxygens (including phenoxy) is 1. The summed E-state index contributed by atoms with van der Waals surface area (Å²) >= 11 is 6.13. The van der Waals surface area contributed by atoms with Crippen LogP contribution >= 0.6 is 11.6 Å². The molecule has 0 aliphatic rings. The van der Waals surface area contributed by atoms with E-state index in [1.54, 1.807) is 7.11 Å². The van der Waals surface area contributed by atoms with Crippen molar-refractivity contribution in [2.75, 3.05) is 26.1 Å². The monoisotopic (exact) mass is 353 g/mol. The quantitative estimate of drug-likeness (QED) is 0.678. The van der Waals surface area contributed by atoms with Gasteiger partial charge in [0.25, 0.3) is 0 Å². The van der Waals surface area contributed by atoms with E-state index in [0.717, 1.165) is 34.5 Å². The number of benzene rings is 1. The zero-order valence-corrected chi connectivity index (χ0v) is 15.3. The first-order valence-corrected chi connectivity index (χ1v) is 8.35. The summed E-state index contributed by atoms with van der Waals surface area (Å²) in [7, 11) is 5.58. The van der Waals surface area contributed by atoms with E-state index in [9.17, 15) is 0 Å². The lowest BCUT2D eigenvalue weighted by Crippen LogP contribution is -2.10. The lowest BCUT2D eigenvalue weighted by atomic mass is 10.0. The Kier molecular flexibility index (Phi) is 5.19. The molecule has 1 aromatic carbocycles. The summed E-state index contributed by atoms with van der Waals surface area (Å²) in [6, 6.07) is 13.9. The van der Waals surface area contributed by atoms with Gasteiger partial charge in [0.15, 0.2) is 0 Å². The zero-order valence-electron chi connectivity index (χ0n) is 14.5. The molecule has 0 saturated heterocycles. The fraction of sp³-hybridized carbons (Fsp3) is 0.200. The molecule has 2 heterocycles. The summed E-state index contributed by atoms with van der Waals surface area (Å²) < 4.78 is 5.41. The van der Waals surface area contributed by atoms with Gasteiger partial charge in [0, 0.05) is 43.5 Å². The second kappa shape index (κ2) is 7.53. The van der Waals surface area contributed by atoms with Gasteiger partial charge >= 0.3 is 0 Å². The number of pyridine rings is 2. The first-order valence-electron chi connectivity index (χ1n) is 7.98. The van der Waals surface area contributed by atoms with Crippen molar-refractivity contribution >= 4 is 17.4 Å². The smallest absolute Gasteiger partial charge is 0.221 e. The fourth-order valence-electron chi connectivity index (χ4n) is 2.64. The van der Waals surface area contributed by atoms with E-state index in [-0.39, 0.29) is 0 Å².